The largest absolute Gasteiger partial charge is 0.489 e. The van der Waals surface area contributed by atoms with E-state index in [1.165, 1.54) is 12.8 Å². The molecule has 0 saturated carbocycles. The van der Waals surface area contributed by atoms with Gasteiger partial charge in [0.1, 0.15) is 18.0 Å². The average Bonchev–Trinajstić information content (AvgIpc) is 3.10. The molecule has 0 spiro atoms. The van der Waals surface area contributed by atoms with E-state index in [4.69, 9.17) is 4.74 Å². The molecule has 3 nitrogen and oxygen atoms in total. The monoisotopic (exact) mass is 297 g/mol. The highest BCUT2D eigenvalue weighted by Gasteiger charge is 2.22. The summed E-state index contributed by atoms with van der Waals surface area (Å²) in [5, 5.41) is 13.8. The van der Waals surface area contributed by atoms with Crippen LogP contribution < -0.4 is 10.1 Å². The minimum absolute atomic E-state index is 0.160. The zero-order valence-electron chi connectivity index (χ0n) is 12.9. The van der Waals surface area contributed by atoms with Gasteiger partial charge in [0.25, 0.3) is 0 Å². The summed E-state index contributed by atoms with van der Waals surface area (Å²) < 4.78 is 5.99. The second kappa shape index (κ2) is 6.95. The van der Waals surface area contributed by atoms with Gasteiger partial charge in [-0.25, -0.2) is 0 Å². The topological polar surface area (TPSA) is 41.5 Å². The van der Waals surface area contributed by atoms with Crippen LogP contribution in [0.5, 0.6) is 5.75 Å². The van der Waals surface area contributed by atoms with Crippen LogP contribution in [0.15, 0.2) is 54.6 Å². The molecule has 3 rings (SSSR count). The van der Waals surface area contributed by atoms with E-state index in [1.807, 2.05) is 54.6 Å². The Balaban J connectivity index is 1.65. The highest BCUT2D eigenvalue weighted by molar-refractivity contribution is 5.34. The molecule has 0 aromatic heterocycles. The van der Waals surface area contributed by atoms with Crippen LogP contribution in [0.25, 0.3) is 0 Å². The van der Waals surface area contributed by atoms with Gasteiger partial charge in [-0.3, -0.25) is 0 Å². The fraction of sp³-hybridized carbons (Fsp3) is 0.368. The van der Waals surface area contributed by atoms with Gasteiger partial charge in [-0.05, 0) is 49.6 Å². The number of aliphatic hydroxyl groups excluding tert-OH is 1. The lowest BCUT2D eigenvalue weighted by Gasteiger charge is -2.21. The van der Waals surface area contributed by atoms with E-state index in [1.54, 1.807) is 0 Å². The third kappa shape index (κ3) is 3.49. The molecule has 1 aliphatic heterocycles. The van der Waals surface area contributed by atoms with Crippen molar-refractivity contribution in [1.29, 1.82) is 0 Å². The number of ether oxygens (including phenoxy) is 1. The Morgan fingerprint density at radius 3 is 2.36 bits per heavy atom. The maximum absolute atomic E-state index is 10.4. The van der Waals surface area contributed by atoms with Gasteiger partial charge in [0.2, 0.25) is 0 Å². The average molecular weight is 297 g/mol. The lowest BCUT2D eigenvalue weighted by molar-refractivity contribution is 0.179. The number of hydrogen-bond donors (Lipinski definition) is 2. The normalized spacial score (nSPS) is 20.5. The Morgan fingerprint density at radius 2 is 1.73 bits per heavy atom. The molecule has 1 saturated heterocycles. The summed E-state index contributed by atoms with van der Waals surface area (Å²) in [7, 11) is 0. The Bertz CT molecular complexity index is 576. The van der Waals surface area contributed by atoms with Gasteiger partial charge in [-0.2, -0.15) is 0 Å². The van der Waals surface area contributed by atoms with Crippen LogP contribution in [0, 0.1) is 0 Å². The molecule has 0 amide bonds. The van der Waals surface area contributed by atoms with Gasteiger partial charge in [-0.15, -0.1) is 0 Å². The smallest absolute Gasteiger partial charge is 0.119 e. The summed E-state index contributed by atoms with van der Waals surface area (Å²) in [6, 6.07) is 17.9. The van der Waals surface area contributed by atoms with E-state index in [9.17, 15) is 5.11 Å². The minimum atomic E-state index is -0.593. The van der Waals surface area contributed by atoms with Gasteiger partial charge < -0.3 is 15.2 Å². The van der Waals surface area contributed by atoms with Gasteiger partial charge >= 0.3 is 0 Å². The lowest BCUT2D eigenvalue weighted by Crippen LogP contribution is -2.36. The molecule has 1 fully saturated rings. The summed E-state index contributed by atoms with van der Waals surface area (Å²) in [6.45, 7) is 3.19. The Labute approximate surface area is 131 Å². The molecular weight excluding hydrogens is 274 g/mol. The quantitative estimate of drug-likeness (QED) is 0.890. The van der Waals surface area contributed by atoms with E-state index < -0.39 is 6.10 Å². The zero-order valence-corrected chi connectivity index (χ0v) is 12.9. The molecule has 0 radical (unpaired) electrons. The Morgan fingerprint density at radius 1 is 1.05 bits per heavy atom. The number of hydrogen-bond acceptors (Lipinski definition) is 3. The van der Waals surface area contributed by atoms with Crippen molar-refractivity contribution >= 4 is 0 Å². The third-order valence-electron chi connectivity index (χ3n) is 4.30. The van der Waals surface area contributed by atoms with Crippen LogP contribution in [0.1, 0.15) is 37.0 Å². The van der Waals surface area contributed by atoms with Crippen molar-refractivity contribution in [1.82, 2.24) is 5.32 Å². The predicted molar refractivity (Wildman–Crippen MR) is 88.1 cm³/mol. The number of nitrogens with one attached hydrogen (secondary N) is 1. The van der Waals surface area contributed by atoms with Crippen molar-refractivity contribution in [2.45, 2.75) is 38.0 Å². The molecule has 2 aromatic carbocycles. The molecule has 3 unspecified atom stereocenters. The van der Waals surface area contributed by atoms with Crippen molar-refractivity contribution in [3.05, 3.63) is 65.7 Å². The standard InChI is InChI=1S/C19H23NO2/c1-14(18-8-5-13-20-18)22-17-11-9-16(10-12-17)19(21)15-6-3-2-4-7-15/h2-4,6-7,9-12,14,18-21H,5,8,13H2,1H3. The third-order valence-corrected chi connectivity index (χ3v) is 4.30. The highest BCUT2D eigenvalue weighted by Crippen LogP contribution is 2.24. The van der Waals surface area contributed by atoms with Gasteiger partial charge in [-0.1, -0.05) is 42.5 Å². The van der Waals surface area contributed by atoms with Crippen molar-refractivity contribution < 1.29 is 9.84 Å². The molecule has 2 aromatic rings. The second-order valence-electron chi connectivity index (χ2n) is 5.91. The first-order valence-corrected chi connectivity index (χ1v) is 7.97. The number of rotatable bonds is 5. The zero-order chi connectivity index (χ0) is 15.4. The molecule has 1 heterocycles. The van der Waals surface area contributed by atoms with Gasteiger partial charge in [0.05, 0.1) is 0 Å². The second-order valence-corrected chi connectivity index (χ2v) is 5.91. The summed E-state index contributed by atoms with van der Waals surface area (Å²) >= 11 is 0. The summed E-state index contributed by atoms with van der Waals surface area (Å²) in [6.07, 6.45) is 1.96. The molecule has 1 aliphatic rings. The van der Waals surface area contributed by atoms with Crippen molar-refractivity contribution in [3.63, 3.8) is 0 Å². The van der Waals surface area contributed by atoms with E-state index in [2.05, 4.69) is 12.2 Å². The van der Waals surface area contributed by atoms with Crippen LogP contribution in [0.2, 0.25) is 0 Å². The number of benzene rings is 2. The van der Waals surface area contributed by atoms with Gasteiger partial charge in [0, 0.05) is 6.04 Å². The fourth-order valence-corrected chi connectivity index (χ4v) is 2.97. The van der Waals surface area contributed by atoms with Crippen molar-refractivity contribution in [2.75, 3.05) is 6.54 Å². The molecule has 3 atom stereocenters. The van der Waals surface area contributed by atoms with Crippen LogP contribution >= 0.6 is 0 Å². The molecule has 2 N–H and O–H groups in total. The van der Waals surface area contributed by atoms with Crippen molar-refractivity contribution in [2.24, 2.45) is 0 Å². The van der Waals surface area contributed by atoms with E-state index in [0.29, 0.717) is 6.04 Å². The predicted octanol–water partition coefficient (Wildman–Crippen LogP) is 3.29. The van der Waals surface area contributed by atoms with Crippen LogP contribution in [0.3, 0.4) is 0 Å². The SMILES string of the molecule is CC(Oc1ccc(C(O)c2ccccc2)cc1)C1CCCN1. The summed E-state index contributed by atoms with van der Waals surface area (Å²) in [4.78, 5) is 0. The molecule has 116 valence electrons. The fourth-order valence-electron chi connectivity index (χ4n) is 2.97. The molecule has 22 heavy (non-hydrogen) atoms. The molecule has 0 aliphatic carbocycles. The first-order valence-electron chi connectivity index (χ1n) is 7.97. The van der Waals surface area contributed by atoms with Crippen LogP contribution in [-0.4, -0.2) is 23.8 Å². The van der Waals surface area contributed by atoms with Crippen LogP contribution in [-0.2, 0) is 0 Å². The number of aliphatic hydroxyl groups is 1. The Kier molecular flexibility index (Phi) is 4.76. The first kappa shape index (κ1) is 15.1. The van der Waals surface area contributed by atoms with E-state index >= 15 is 0 Å². The minimum Gasteiger partial charge on any atom is -0.489 e. The van der Waals surface area contributed by atoms with E-state index in [-0.39, 0.29) is 6.10 Å². The van der Waals surface area contributed by atoms with Crippen LogP contribution in [0.4, 0.5) is 0 Å². The maximum Gasteiger partial charge on any atom is 0.119 e. The van der Waals surface area contributed by atoms with E-state index in [0.717, 1.165) is 23.4 Å². The Hall–Kier alpha value is -1.84. The molecule has 0 bridgehead atoms. The molecule has 3 heteroatoms. The molecular formula is C19H23NO2. The summed E-state index contributed by atoms with van der Waals surface area (Å²) in [5.41, 5.74) is 1.78. The maximum atomic E-state index is 10.4. The summed E-state index contributed by atoms with van der Waals surface area (Å²) in [5.74, 6) is 0.852. The van der Waals surface area contributed by atoms with Gasteiger partial charge in [0.15, 0.2) is 0 Å². The van der Waals surface area contributed by atoms with Crippen molar-refractivity contribution in [3.8, 4) is 5.75 Å². The lowest BCUT2D eigenvalue weighted by atomic mass is 10.0. The highest BCUT2D eigenvalue weighted by atomic mass is 16.5. The first-order chi connectivity index (χ1) is 10.7.